The summed E-state index contributed by atoms with van der Waals surface area (Å²) in [5.41, 5.74) is 1.99. The van der Waals surface area contributed by atoms with Crippen LogP contribution < -0.4 is 5.32 Å². The Kier molecular flexibility index (Phi) is 5.66. The Hall–Kier alpha value is -3.11. The molecule has 4 nitrogen and oxygen atoms in total. The van der Waals surface area contributed by atoms with Crippen molar-refractivity contribution in [3.63, 3.8) is 0 Å². The number of benzene rings is 3. The van der Waals surface area contributed by atoms with Crippen LogP contribution in [0, 0.1) is 0 Å². The molecule has 5 heteroatoms. The molecule has 0 bridgehead atoms. The number of halogens is 1. The Morgan fingerprint density at radius 3 is 2.38 bits per heavy atom. The highest BCUT2D eigenvalue weighted by Gasteiger charge is 2.15. The largest absolute Gasteiger partial charge is 0.457 e. The molecule has 0 aliphatic heterocycles. The van der Waals surface area contributed by atoms with Gasteiger partial charge in [-0.3, -0.25) is 4.79 Å². The fourth-order valence-electron chi connectivity index (χ4n) is 2.41. The van der Waals surface area contributed by atoms with E-state index in [2.05, 4.69) is 5.32 Å². The standard InChI is InChI=1S/C21H16ClNO3/c22-17-10-6-7-15(13-17)14-26-21(25)18-11-4-5-12-19(18)23-20(24)16-8-2-1-3-9-16/h1-13H,14H2,(H,23,24). The number of hydrogen-bond donors (Lipinski definition) is 1. The Bertz CT molecular complexity index is 925. The molecule has 1 amide bonds. The summed E-state index contributed by atoms with van der Waals surface area (Å²) in [6.45, 7) is 0.0976. The van der Waals surface area contributed by atoms with Gasteiger partial charge in [-0.05, 0) is 42.0 Å². The molecule has 0 spiro atoms. The van der Waals surface area contributed by atoms with Gasteiger partial charge in [0.2, 0.25) is 0 Å². The van der Waals surface area contributed by atoms with Gasteiger partial charge in [-0.15, -0.1) is 0 Å². The number of carbonyl (C=O) groups excluding carboxylic acids is 2. The first kappa shape index (κ1) is 17.7. The minimum atomic E-state index is -0.520. The fourth-order valence-corrected chi connectivity index (χ4v) is 2.62. The summed E-state index contributed by atoms with van der Waals surface area (Å²) in [7, 11) is 0. The van der Waals surface area contributed by atoms with Crippen LogP contribution in [0.25, 0.3) is 0 Å². The predicted octanol–water partition coefficient (Wildman–Crippen LogP) is 4.95. The summed E-state index contributed by atoms with van der Waals surface area (Å²) in [5, 5.41) is 3.33. The number of ether oxygens (including phenoxy) is 1. The molecule has 0 saturated heterocycles. The summed E-state index contributed by atoms with van der Waals surface area (Å²) in [6, 6.07) is 22.6. The van der Waals surface area contributed by atoms with Crippen LogP contribution >= 0.6 is 11.6 Å². The van der Waals surface area contributed by atoms with E-state index in [9.17, 15) is 9.59 Å². The van der Waals surface area contributed by atoms with Gasteiger partial charge in [0.1, 0.15) is 6.61 Å². The van der Waals surface area contributed by atoms with Gasteiger partial charge in [-0.2, -0.15) is 0 Å². The van der Waals surface area contributed by atoms with Crippen LogP contribution in [-0.4, -0.2) is 11.9 Å². The molecule has 26 heavy (non-hydrogen) atoms. The maximum atomic E-state index is 12.4. The molecular formula is C21H16ClNO3. The van der Waals surface area contributed by atoms with Gasteiger partial charge < -0.3 is 10.1 Å². The van der Waals surface area contributed by atoms with Crippen LogP contribution in [0.3, 0.4) is 0 Å². The van der Waals surface area contributed by atoms with Gasteiger partial charge in [-0.25, -0.2) is 4.79 Å². The molecule has 0 unspecified atom stereocenters. The third kappa shape index (κ3) is 4.49. The molecule has 3 rings (SSSR count). The summed E-state index contributed by atoms with van der Waals surface area (Å²) >= 11 is 5.93. The highest BCUT2D eigenvalue weighted by molar-refractivity contribution is 6.30. The van der Waals surface area contributed by atoms with E-state index in [0.717, 1.165) is 5.56 Å². The number of amides is 1. The highest BCUT2D eigenvalue weighted by atomic mass is 35.5. The van der Waals surface area contributed by atoms with Crippen LogP contribution in [0.2, 0.25) is 5.02 Å². The normalized spacial score (nSPS) is 10.2. The minimum Gasteiger partial charge on any atom is -0.457 e. The zero-order valence-electron chi connectivity index (χ0n) is 13.8. The number of nitrogens with one attached hydrogen (secondary N) is 1. The van der Waals surface area contributed by atoms with Gasteiger partial charge in [0.05, 0.1) is 11.3 Å². The van der Waals surface area contributed by atoms with E-state index in [-0.39, 0.29) is 12.5 Å². The number of para-hydroxylation sites is 1. The highest BCUT2D eigenvalue weighted by Crippen LogP contribution is 2.19. The van der Waals surface area contributed by atoms with Crippen molar-refractivity contribution in [3.8, 4) is 0 Å². The Morgan fingerprint density at radius 1 is 0.885 bits per heavy atom. The lowest BCUT2D eigenvalue weighted by Crippen LogP contribution is -2.15. The molecule has 1 N–H and O–H groups in total. The maximum absolute atomic E-state index is 12.4. The van der Waals surface area contributed by atoms with E-state index in [1.54, 1.807) is 66.7 Å². The average Bonchev–Trinajstić information content (AvgIpc) is 2.67. The first-order valence-electron chi connectivity index (χ1n) is 8.00. The topological polar surface area (TPSA) is 55.4 Å². The summed E-state index contributed by atoms with van der Waals surface area (Å²) in [4.78, 5) is 24.8. The lowest BCUT2D eigenvalue weighted by atomic mass is 10.1. The number of rotatable bonds is 5. The smallest absolute Gasteiger partial charge is 0.340 e. The van der Waals surface area contributed by atoms with E-state index in [1.807, 2.05) is 12.1 Å². The number of esters is 1. The minimum absolute atomic E-state index is 0.0976. The van der Waals surface area contributed by atoms with Crippen molar-refractivity contribution < 1.29 is 14.3 Å². The first-order chi connectivity index (χ1) is 12.6. The summed E-state index contributed by atoms with van der Waals surface area (Å²) in [5.74, 6) is -0.811. The zero-order chi connectivity index (χ0) is 18.4. The Morgan fingerprint density at radius 2 is 1.62 bits per heavy atom. The Balaban J connectivity index is 1.72. The quantitative estimate of drug-likeness (QED) is 0.651. The molecule has 3 aromatic rings. The molecule has 0 radical (unpaired) electrons. The molecule has 0 fully saturated rings. The van der Waals surface area contributed by atoms with E-state index >= 15 is 0 Å². The van der Waals surface area contributed by atoms with Crippen molar-refractivity contribution in [2.24, 2.45) is 0 Å². The van der Waals surface area contributed by atoms with E-state index < -0.39 is 5.97 Å². The van der Waals surface area contributed by atoms with E-state index in [4.69, 9.17) is 16.3 Å². The van der Waals surface area contributed by atoms with Crippen molar-refractivity contribution in [1.82, 2.24) is 0 Å². The van der Waals surface area contributed by atoms with Crippen molar-refractivity contribution in [3.05, 3.63) is 101 Å². The van der Waals surface area contributed by atoms with E-state index in [0.29, 0.717) is 21.8 Å². The lowest BCUT2D eigenvalue weighted by molar-refractivity contribution is 0.0474. The molecule has 0 aromatic heterocycles. The molecule has 0 saturated carbocycles. The number of carbonyl (C=O) groups is 2. The van der Waals surface area contributed by atoms with Crippen LogP contribution in [0.4, 0.5) is 5.69 Å². The number of anilines is 1. The lowest BCUT2D eigenvalue weighted by Gasteiger charge is -2.11. The number of hydrogen-bond acceptors (Lipinski definition) is 3. The van der Waals surface area contributed by atoms with Crippen LogP contribution in [0.15, 0.2) is 78.9 Å². The van der Waals surface area contributed by atoms with Crippen LogP contribution in [0.1, 0.15) is 26.3 Å². The monoisotopic (exact) mass is 365 g/mol. The van der Waals surface area contributed by atoms with Crippen molar-refractivity contribution in [2.75, 3.05) is 5.32 Å². The second-order valence-corrected chi connectivity index (χ2v) is 6.01. The van der Waals surface area contributed by atoms with Gasteiger partial charge >= 0.3 is 5.97 Å². The van der Waals surface area contributed by atoms with Gasteiger partial charge in [0, 0.05) is 10.6 Å². The third-order valence-corrected chi connectivity index (χ3v) is 3.93. The summed E-state index contributed by atoms with van der Waals surface area (Å²) < 4.78 is 5.35. The van der Waals surface area contributed by atoms with Gasteiger partial charge in [-0.1, -0.05) is 54.1 Å². The molecule has 0 aliphatic carbocycles. The van der Waals surface area contributed by atoms with Gasteiger partial charge in [0.25, 0.3) is 5.91 Å². The molecule has 0 atom stereocenters. The molecule has 130 valence electrons. The van der Waals surface area contributed by atoms with Crippen molar-refractivity contribution in [1.29, 1.82) is 0 Å². The van der Waals surface area contributed by atoms with Crippen molar-refractivity contribution in [2.45, 2.75) is 6.61 Å². The molecule has 0 heterocycles. The first-order valence-corrected chi connectivity index (χ1v) is 8.38. The van der Waals surface area contributed by atoms with E-state index in [1.165, 1.54) is 0 Å². The van der Waals surface area contributed by atoms with Crippen molar-refractivity contribution >= 4 is 29.2 Å². The second-order valence-electron chi connectivity index (χ2n) is 5.57. The summed E-state index contributed by atoms with van der Waals surface area (Å²) in [6.07, 6.45) is 0. The third-order valence-electron chi connectivity index (χ3n) is 3.69. The van der Waals surface area contributed by atoms with Crippen LogP contribution in [0.5, 0.6) is 0 Å². The molecular weight excluding hydrogens is 350 g/mol. The predicted molar refractivity (Wildman–Crippen MR) is 101 cm³/mol. The second kappa shape index (κ2) is 8.32. The maximum Gasteiger partial charge on any atom is 0.340 e. The SMILES string of the molecule is O=C(Nc1ccccc1C(=O)OCc1cccc(Cl)c1)c1ccccc1. The van der Waals surface area contributed by atoms with Crippen LogP contribution in [-0.2, 0) is 11.3 Å². The average molecular weight is 366 g/mol. The molecule has 0 aliphatic rings. The zero-order valence-corrected chi connectivity index (χ0v) is 14.6. The Labute approximate surface area is 156 Å². The molecule has 3 aromatic carbocycles. The van der Waals surface area contributed by atoms with Gasteiger partial charge in [0.15, 0.2) is 0 Å². The fraction of sp³-hybridized carbons (Fsp3) is 0.0476.